The molecular weight excluding hydrogens is 212 g/mol. The van der Waals surface area contributed by atoms with Crippen LogP contribution in [0, 0.1) is 5.41 Å². The third-order valence-corrected chi connectivity index (χ3v) is 4.71. The van der Waals surface area contributed by atoms with E-state index in [0.717, 1.165) is 6.42 Å². The van der Waals surface area contributed by atoms with E-state index in [1.54, 1.807) is 5.57 Å². The molecule has 1 unspecified atom stereocenters. The predicted molar refractivity (Wildman–Crippen MR) is 71.8 cm³/mol. The summed E-state index contributed by atoms with van der Waals surface area (Å²) < 4.78 is 6.27. The average Bonchev–Trinajstić information content (AvgIpc) is 2.56. The third-order valence-electron chi connectivity index (χ3n) is 3.86. The van der Waals surface area contributed by atoms with Gasteiger partial charge in [-0.2, -0.15) is 0 Å². The molecule has 0 aliphatic heterocycles. The number of allylic oxidation sites excluding steroid dienone is 3. The number of rotatable bonds is 3. The molecule has 0 bridgehead atoms. The van der Waals surface area contributed by atoms with Crippen molar-refractivity contribution in [3.63, 3.8) is 0 Å². The average molecular weight is 236 g/mol. The highest BCUT2D eigenvalue weighted by molar-refractivity contribution is 6.70. The second-order valence-electron chi connectivity index (χ2n) is 6.18. The number of hydrogen-bond donors (Lipinski definition) is 0. The first-order valence-corrected chi connectivity index (χ1v) is 9.93. The van der Waals surface area contributed by atoms with Gasteiger partial charge in [-0.15, -0.1) is 6.58 Å². The number of hydrogen-bond acceptors (Lipinski definition) is 1. The summed E-state index contributed by atoms with van der Waals surface area (Å²) >= 11 is 0. The van der Waals surface area contributed by atoms with Crippen LogP contribution >= 0.6 is 0 Å². The molecule has 2 heteroatoms. The molecule has 0 N–H and O–H groups in total. The summed E-state index contributed by atoms with van der Waals surface area (Å²) in [5.74, 6) is 1.33. The maximum absolute atomic E-state index is 6.27. The standard InChI is InChI=1S/C14H24OSi/c1-5-14-10-7-6-8-12(14)13(9-11-14)15-16(2,3)4/h5H,1,6-11H2,2-4H3. The summed E-state index contributed by atoms with van der Waals surface area (Å²) in [6.07, 6.45) is 9.81. The van der Waals surface area contributed by atoms with Gasteiger partial charge in [-0.25, -0.2) is 0 Å². The van der Waals surface area contributed by atoms with Crippen molar-refractivity contribution in [3.8, 4) is 0 Å². The first kappa shape index (κ1) is 12.0. The molecule has 0 spiro atoms. The fourth-order valence-corrected chi connectivity index (χ4v) is 4.10. The van der Waals surface area contributed by atoms with Gasteiger partial charge in [-0.3, -0.25) is 0 Å². The Morgan fingerprint density at radius 2 is 1.94 bits per heavy atom. The highest BCUT2D eigenvalue weighted by Gasteiger charge is 2.41. The van der Waals surface area contributed by atoms with Crippen molar-refractivity contribution in [2.24, 2.45) is 5.41 Å². The molecule has 2 aliphatic rings. The molecule has 2 aliphatic carbocycles. The zero-order valence-electron chi connectivity index (χ0n) is 10.9. The lowest BCUT2D eigenvalue weighted by Crippen LogP contribution is -2.26. The molecule has 16 heavy (non-hydrogen) atoms. The smallest absolute Gasteiger partial charge is 0.241 e. The molecule has 0 amide bonds. The van der Waals surface area contributed by atoms with Gasteiger partial charge in [0, 0.05) is 11.8 Å². The fraction of sp³-hybridized carbons (Fsp3) is 0.714. The van der Waals surface area contributed by atoms with Crippen LogP contribution in [0.2, 0.25) is 19.6 Å². The molecule has 0 aromatic carbocycles. The van der Waals surface area contributed by atoms with Gasteiger partial charge in [0.15, 0.2) is 0 Å². The molecular formula is C14H24OSi. The van der Waals surface area contributed by atoms with Crippen molar-refractivity contribution in [3.05, 3.63) is 24.0 Å². The van der Waals surface area contributed by atoms with Crippen LogP contribution < -0.4 is 0 Å². The Kier molecular flexibility index (Phi) is 3.04. The van der Waals surface area contributed by atoms with Gasteiger partial charge < -0.3 is 4.43 Å². The van der Waals surface area contributed by atoms with E-state index in [2.05, 4.69) is 32.3 Å². The maximum Gasteiger partial charge on any atom is 0.241 e. The molecule has 0 saturated heterocycles. The lowest BCUT2D eigenvalue weighted by atomic mass is 9.71. The quantitative estimate of drug-likeness (QED) is 0.513. The summed E-state index contributed by atoms with van der Waals surface area (Å²) in [6, 6.07) is 0. The Labute approximate surface area is 101 Å². The molecule has 2 rings (SSSR count). The van der Waals surface area contributed by atoms with Gasteiger partial charge in [-0.1, -0.05) is 12.5 Å². The monoisotopic (exact) mass is 236 g/mol. The van der Waals surface area contributed by atoms with Crippen molar-refractivity contribution in [2.45, 2.75) is 58.2 Å². The highest BCUT2D eigenvalue weighted by Crippen LogP contribution is 2.53. The topological polar surface area (TPSA) is 9.23 Å². The fourth-order valence-electron chi connectivity index (χ4n) is 3.13. The van der Waals surface area contributed by atoms with Crippen molar-refractivity contribution < 1.29 is 4.43 Å². The SMILES string of the molecule is C=CC12CCCCC1=C(O[Si](C)(C)C)CC2. The lowest BCUT2D eigenvalue weighted by Gasteiger charge is -2.33. The second kappa shape index (κ2) is 4.06. The summed E-state index contributed by atoms with van der Waals surface area (Å²) in [7, 11) is -1.44. The molecule has 0 aromatic rings. The molecule has 90 valence electrons. The van der Waals surface area contributed by atoms with E-state index in [1.165, 1.54) is 37.9 Å². The predicted octanol–water partition coefficient (Wildman–Crippen LogP) is 4.63. The minimum absolute atomic E-state index is 0.313. The van der Waals surface area contributed by atoms with Crippen LogP contribution in [-0.4, -0.2) is 8.32 Å². The van der Waals surface area contributed by atoms with Gasteiger partial charge in [-0.05, 0) is 50.9 Å². The van der Waals surface area contributed by atoms with Crippen molar-refractivity contribution in [1.29, 1.82) is 0 Å². The Morgan fingerprint density at radius 1 is 1.19 bits per heavy atom. The second-order valence-corrected chi connectivity index (χ2v) is 10.6. The van der Waals surface area contributed by atoms with Crippen LogP contribution in [0.5, 0.6) is 0 Å². The van der Waals surface area contributed by atoms with Gasteiger partial charge in [0.05, 0.1) is 5.76 Å². The molecule has 1 saturated carbocycles. The van der Waals surface area contributed by atoms with E-state index in [1.807, 2.05) is 0 Å². The van der Waals surface area contributed by atoms with Crippen LogP contribution in [-0.2, 0) is 4.43 Å². The first-order chi connectivity index (χ1) is 7.47. The van der Waals surface area contributed by atoms with E-state index < -0.39 is 8.32 Å². The summed E-state index contributed by atoms with van der Waals surface area (Å²) in [5.41, 5.74) is 1.91. The van der Waals surface area contributed by atoms with Crippen molar-refractivity contribution in [2.75, 3.05) is 0 Å². The summed E-state index contributed by atoms with van der Waals surface area (Å²) in [4.78, 5) is 0. The zero-order chi connectivity index (χ0) is 11.8. The van der Waals surface area contributed by atoms with Gasteiger partial charge in [0.1, 0.15) is 0 Å². The largest absolute Gasteiger partial charge is 0.547 e. The normalized spacial score (nSPS) is 30.2. The molecule has 1 atom stereocenters. The van der Waals surface area contributed by atoms with E-state index >= 15 is 0 Å². The van der Waals surface area contributed by atoms with E-state index in [4.69, 9.17) is 4.43 Å². The van der Waals surface area contributed by atoms with Crippen molar-refractivity contribution in [1.82, 2.24) is 0 Å². The minimum Gasteiger partial charge on any atom is -0.547 e. The Morgan fingerprint density at radius 3 is 2.56 bits per heavy atom. The molecule has 0 radical (unpaired) electrons. The highest BCUT2D eigenvalue weighted by atomic mass is 28.4. The molecule has 1 fully saturated rings. The lowest BCUT2D eigenvalue weighted by molar-refractivity contribution is 0.349. The van der Waals surface area contributed by atoms with Crippen LogP contribution in [0.15, 0.2) is 24.0 Å². The van der Waals surface area contributed by atoms with E-state index in [0.29, 0.717) is 5.41 Å². The third kappa shape index (κ3) is 2.12. The van der Waals surface area contributed by atoms with Crippen LogP contribution in [0.25, 0.3) is 0 Å². The van der Waals surface area contributed by atoms with Crippen LogP contribution in [0.1, 0.15) is 38.5 Å². The molecule has 1 nitrogen and oxygen atoms in total. The zero-order valence-corrected chi connectivity index (χ0v) is 11.9. The van der Waals surface area contributed by atoms with Crippen LogP contribution in [0.4, 0.5) is 0 Å². The van der Waals surface area contributed by atoms with Crippen LogP contribution in [0.3, 0.4) is 0 Å². The van der Waals surface area contributed by atoms with Crippen molar-refractivity contribution >= 4 is 8.32 Å². The Bertz CT molecular complexity index is 324. The van der Waals surface area contributed by atoms with Gasteiger partial charge >= 0.3 is 0 Å². The van der Waals surface area contributed by atoms with E-state index in [9.17, 15) is 0 Å². The first-order valence-electron chi connectivity index (χ1n) is 6.52. The summed E-state index contributed by atoms with van der Waals surface area (Å²) in [5, 5.41) is 0. The van der Waals surface area contributed by atoms with E-state index in [-0.39, 0.29) is 0 Å². The number of fused-ring (bicyclic) bond motifs is 1. The summed E-state index contributed by atoms with van der Waals surface area (Å²) in [6.45, 7) is 10.9. The van der Waals surface area contributed by atoms with Gasteiger partial charge in [0.2, 0.25) is 8.32 Å². The Hall–Kier alpha value is -0.503. The van der Waals surface area contributed by atoms with Gasteiger partial charge in [0.25, 0.3) is 0 Å². The molecule has 0 heterocycles. The minimum atomic E-state index is -1.44. The molecule has 0 aromatic heterocycles. The Balaban J connectivity index is 2.27. The maximum atomic E-state index is 6.27.